The Balaban J connectivity index is 1.61. The summed E-state index contributed by atoms with van der Waals surface area (Å²) < 4.78 is 14.3. The molecule has 0 radical (unpaired) electrons. The number of piperidine rings is 1. The molecular formula is C23H20ClFN4O. The quantitative estimate of drug-likeness (QED) is 0.694. The van der Waals surface area contributed by atoms with Crippen LogP contribution >= 0.6 is 11.6 Å². The second-order valence-corrected chi connectivity index (χ2v) is 8.43. The van der Waals surface area contributed by atoms with E-state index in [-0.39, 0.29) is 21.9 Å². The van der Waals surface area contributed by atoms with Crippen molar-refractivity contribution < 1.29 is 9.18 Å². The molecule has 1 amide bonds. The first-order valence-electron chi connectivity index (χ1n) is 9.91. The number of hydrogen-bond acceptors (Lipinski definition) is 4. The zero-order valence-electron chi connectivity index (χ0n) is 16.2. The Hall–Kier alpha value is -2.83. The van der Waals surface area contributed by atoms with Gasteiger partial charge in [0.1, 0.15) is 5.82 Å². The average molecular weight is 423 g/mol. The standard InChI is InChI=1S/C23H20ClFN4O/c24-18-4-2-16(12-19(18)25)23-7-9-29(10-8-23)13-15-11-14(1-3-17(15)23)20-5-6-21(22(26)30)28-27-20/h1-6,11-12H,7-10,13H2,(H2,26,30). The summed E-state index contributed by atoms with van der Waals surface area (Å²) in [5, 5.41) is 8.23. The number of fused-ring (bicyclic) bond motifs is 2. The van der Waals surface area contributed by atoms with Crippen molar-refractivity contribution in [1.82, 2.24) is 15.1 Å². The monoisotopic (exact) mass is 422 g/mol. The van der Waals surface area contributed by atoms with Crippen LogP contribution in [0.2, 0.25) is 5.02 Å². The van der Waals surface area contributed by atoms with E-state index in [1.54, 1.807) is 24.3 Å². The third-order valence-corrected chi connectivity index (χ3v) is 6.72. The normalized spacial score (nSPS) is 22.4. The molecule has 2 N–H and O–H groups in total. The van der Waals surface area contributed by atoms with Crippen molar-refractivity contribution in [2.24, 2.45) is 5.73 Å². The summed E-state index contributed by atoms with van der Waals surface area (Å²) in [7, 11) is 0. The maximum Gasteiger partial charge on any atom is 0.269 e. The lowest BCUT2D eigenvalue weighted by atomic mass is 9.68. The molecule has 1 saturated heterocycles. The van der Waals surface area contributed by atoms with Gasteiger partial charge in [-0.1, -0.05) is 29.8 Å². The molecule has 2 bridgehead atoms. The second kappa shape index (κ2) is 7.15. The fourth-order valence-corrected chi connectivity index (χ4v) is 4.93. The average Bonchev–Trinajstić information content (AvgIpc) is 3.02. The number of benzene rings is 2. The van der Waals surface area contributed by atoms with Crippen LogP contribution in [0.1, 0.15) is 40.0 Å². The highest BCUT2D eigenvalue weighted by Gasteiger charge is 2.42. The molecular weight excluding hydrogens is 403 g/mol. The highest BCUT2D eigenvalue weighted by molar-refractivity contribution is 6.30. The summed E-state index contributed by atoms with van der Waals surface area (Å²) in [5.41, 5.74) is 10.2. The van der Waals surface area contributed by atoms with Crippen molar-refractivity contribution in [3.8, 4) is 11.3 Å². The van der Waals surface area contributed by atoms with Crippen LogP contribution in [-0.2, 0) is 12.0 Å². The zero-order valence-corrected chi connectivity index (χ0v) is 17.0. The first kappa shape index (κ1) is 19.2. The third-order valence-electron chi connectivity index (χ3n) is 6.41. The zero-order chi connectivity index (χ0) is 20.9. The fourth-order valence-electron chi connectivity index (χ4n) is 4.81. The predicted molar refractivity (Wildman–Crippen MR) is 113 cm³/mol. The van der Waals surface area contributed by atoms with E-state index >= 15 is 0 Å². The lowest BCUT2D eigenvalue weighted by molar-refractivity contribution is 0.0994. The summed E-state index contributed by atoms with van der Waals surface area (Å²) in [4.78, 5) is 13.7. The van der Waals surface area contributed by atoms with Crippen LogP contribution in [0.25, 0.3) is 11.3 Å². The maximum atomic E-state index is 14.3. The Morgan fingerprint density at radius 2 is 1.87 bits per heavy atom. The van der Waals surface area contributed by atoms with Gasteiger partial charge in [0, 0.05) is 17.5 Å². The van der Waals surface area contributed by atoms with Crippen molar-refractivity contribution in [1.29, 1.82) is 0 Å². The Morgan fingerprint density at radius 3 is 2.53 bits per heavy atom. The molecule has 3 aliphatic rings. The number of rotatable bonds is 3. The van der Waals surface area contributed by atoms with E-state index in [0.29, 0.717) is 5.69 Å². The van der Waals surface area contributed by atoms with Gasteiger partial charge in [-0.3, -0.25) is 9.69 Å². The first-order valence-corrected chi connectivity index (χ1v) is 10.3. The molecule has 152 valence electrons. The topological polar surface area (TPSA) is 72.1 Å². The van der Waals surface area contributed by atoms with Gasteiger partial charge in [0.15, 0.2) is 5.69 Å². The third kappa shape index (κ3) is 3.07. The minimum Gasteiger partial charge on any atom is -0.364 e. The van der Waals surface area contributed by atoms with E-state index in [1.165, 1.54) is 11.1 Å². The van der Waals surface area contributed by atoms with Gasteiger partial charge in [-0.15, -0.1) is 10.2 Å². The number of carbonyl (C=O) groups excluding carboxylic acids is 1. The largest absolute Gasteiger partial charge is 0.364 e. The SMILES string of the molecule is NC(=O)c1ccc(-c2ccc3c(c2)CN2CCC3(c3ccc(Cl)c(F)c3)CC2)nn1. The van der Waals surface area contributed by atoms with Crippen molar-refractivity contribution in [3.05, 3.63) is 81.8 Å². The summed E-state index contributed by atoms with van der Waals surface area (Å²) in [6, 6.07) is 14.8. The molecule has 3 aromatic rings. The van der Waals surface area contributed by atoms with Crippen LogP contribution in [0.15, 0.2) is 48.5 Å². The molecule has 0 saturated carbocycles. The van der Waals surface area contributed by atoms with Gasteiger partial charge in [0.25, 0.3) is 5.91 Å². The van der Waals surface area contributed by atoms with Crippen molar-refractivity contribution in [2.75, 3.05) is 13.1 Å². The molecule has 0 atom stereocenters. The lowest BCUT2D eigenvalue weighted by Crippen LogP contribution is -2.39. The molecule has 0 unspecified atom stereocenters. The van der Waals surface area contributed by atoms with Gasteiger partial charge < -0.3 is 5.73 Å². The lowest BCUT2D eigenvalue weighted by Gasteiger charge is -2.39. The molecule has 0 aliphatic carbocycles. The van der Waals surface area contributed by atoms with Gasteiger partial charge in [-0.05, 0) is 73.0 Å². The summed E-state index contributed by atoms with van der Waals surface area (Å²) in [6.45, 7) is 2.76. The second-order valence-electron chi connectivity index (χ2n) is 8.03. The Labute approximate surface area is 178 Å². The Bertz CT molecular complexity index is 1140. The molecule has 30 heavy (non-hydrogen) atoms. The van der Waals surface area contributed by atoms with Crippen LogP contribution in [0, 0.1) is 5.82 Å². The molecule has 0 spiro atoms. The van der Waals surface area contributed by atoms with Crippen molar-refractivity contribution in [3.63, 3.8) is 0 Å². The highest BCUT2D eigenvalue weighted by atomic mass is 35.5. The molecule has 7 heteroatoms. The first-order chi connectivity index (χ1) is 14.5. The predicted octanol–water partition coefficient (Wildman–Crippen LogP) is 3.93. The van der Waals surface area contributed by atoms with E-state index < -0.39 is 5.91 Å². The number of hydrogen-bond donors (Lipinski definition) is 1. The number of carbonyl (C=O) groups is 1. The van der Waals surface area contributed by atoms with Crippen LogP contribution in [0.5, 0.6) is 0 Å². The Morgan fingerprint density at radius 1 is 1.07 bits per heavy atom. The van der Waals surface area contributed by atoms with E-state index in [9.17, 15) is 9.18 Å². The number of aromatic nitrogens is 2. The molecule has 3 aliphatic heterocycles. The van der Waals surface area contributed by atoms with Gasteiger partial charge >= 0.3 is 0 Å². The molecule has 6 rings (SSSR count). The van der Waals surface area contributed by atoms with Gasteiger partial charge in [0.05, 0.1) is 10.7 Å². The van der Waals surface area contributed by atoms with Crippen LogP contribution in [0.3, 0.4) is 0 Å². The van der Waals surface area contributed by atoms with Crippen LogP contribution in [0.4, 0.5) is 4.39 Å². The number of halogens is 2. The summed E-state index contributed by atoms with van der Waals surface area (Å²) in [5.74, 6) is -0.976. The summed E-state index contributed by atoms with van der Waals surface area (Å²) in [6.07, 6.45) is 1.88. The maximum absolute atomic E-state index is 14.3. The van der Waals surface area contributed by atoms with Gasteiger partial charge in [0.2, 0.25) is 0 Å². The van der Waals surface area contributed by atoms with E-state index in [4.69, 9.17) is 17.3 Å². The van der Waals surface area contributed by atoms with Crippen molar-refractivity contribution >= 4 is 17.5 Å². The number of amides is 1. The van der Waals surface area contributed by atoms with Crippen LogP contribution in [-0.4, -0.2) is 34.1 Å². The van der Waals surface area contributed by atoms with Gasteiger partial charge in [-0.25, -0.2) is 4.39 Å². The molecule has 5 nitrogen and oxygen atoms in total. The van der Waals surface area contributed by atoms with E-state index in [2.05, 4.69) is 27.2 Å². The molecule has 1 aromatic heterocycles. The molecule has 2 aromatic carbocycles. The Kier molecular flexibility index (Phi) is 4.56. The minimum absolute atomic E-state index is 0.140. The smallest absolute Gasteiger partial charge is 0.269 e. The van der Waals surface area contributed by atoms with E-state index in [1.807, 2.05) is 12.1 Å². The van der Waals surface area contributed by atoms with Crippen molar-refractivity contribution in [2.45, 2.75) is 24.8 Å². The van der Waals surface area contributed by atoms with Gasteiger partial charge in [-0.2, -0.15) is 0 Å². The van der Waals surface area contributed by atoms with E-state index in [0.717, 1.165) is 43.6 Å². The number of primary amides is 1. The summed E-state index contributed by atoms with van der Waals surface area (Å²) >= 11 is 5.94. The molecule has 4 heterocycles. The molecule has 1 fully saturated rings. The number of nitrogens with two attached hydrogens (primary N) is 1. The fraction of sp³-hybridized carbons (Fsp3) is 0.261. The van der Waals surface area contributed by atoms with Crippen LogP contribution < -0.4 is 5.73 Å². The minimum atomic E-state index is -0.600. The highest BCUT2D eigenvalue weighted by Crippen LogP contribution is 2.47. The number of nitrogens with zero attached hydrogens (tertiary/aromatic N) is 3.